The molecule has 0 aromatic heterocycles. The molecule has 6 heteroatoms. The lowest BCUT2D eigenvalue weighted by Crippen LogP contribution is -2.29. The zero-order valence-electron chi connectivity index (χ0n) is 11.4. The minimum absolute atomic E-state index is 0.0245. The molecule has 0 heterocycles. The molecule has 20 heavy (non-hydrogen) atoms. The van der Waals surface area contributed by atoms with Crippen LogP contribution >= 0.6 is 0 Å². The third-order valence-electron chi connectivity index (χ3n) is 2.34. The fraction of sp³-hybridized carbons (Fsp3) is 0.286. The highest BCUT2D eigenvalue weighted by Crippen LogP contribution is 2.26. The molecule has 1 aromatic carbocycles. The fourth-order valence-electron chi connectivity index (χ4n) is 1.40. The molecule has 1 amide bonds. The standard InChI is InChI=1S/C14H17NO5/c1-3-20-14(18)9-15-13(17)7-5-10-4-6-11(16)12(8-10)19-2/h4-8,16H,3,9H2,1-2H3,(H,15,17)/b7-5+. The molecule has 2 N–H and O–H groups in total. The topological polar surface area (TPSA) is 84.9 Å². The van der Waals surface area contributed by atoms with Crippen molar-refractivity contribution in [3.63, 3.8) is 0 Å². The quantitative estimate of drug-likeness (QED) is 0.601. The van der Waals surface area contributed by atoms with Gasteiger partial charge in [-0.1, -0.05) is 6.07 Å². The van der Waals surface area contributed by atoms with Crippen molar-refractivity contribution in [3.05, 3.63) is 29.8 Å². The van der Waals surface area contributed by atoms with Gasteiger partial charge in [-0.25, -0.2) is 0 Å². The van der Waals surface area contributed by atoms with E-state index in [2.05, 4.69) is 10.1 Å². The van der Waals surface area contributed by atoms with Crippen molar-refractivity contribution >= 4 is 18.0 Å². The Balaban J connectivity index is 2.55. The van der Waals surface area contributed by atoms with Crippen molar-refractivity contribution in [2.75, 3.05) is 20.3 Å². The van der Waals surface area contributed by atoms with Crippen LogP contribution in [-0.2, 0) is 14.3 Å². The lowest BCUT2D eigenvalue weighted by molar-refractivity contribution is -0.143. The lowest BCUT2D eigenvalue weighted by Gasteiger charge is -2.04. The number of ether oxygens (including phenoxy) is 2. The van der Waals surface area contributed by atoms with E-state index in [1.165, 1.54) is 19.3 Å². The summed E-state index contributed by atoms with van der Waals surface area (Å²) in [5.41, 5.74) is 0.686. The van der Waals surface area contributed by atoms with Gasteiger partial charge in [-0.05, 0) is 30.7 Å². The van der Waals surface area contributed by atoms with Crippen molar-refractivity contribution in [2.45, 2.75) is 6.92 Å². The maximum Gasteiger partial charge on any atom is 0.325 e. The van der Waals surface area contributed by atoms with E-state index in [-0.39, 0.29) is 18.9 Å². The number of benzene rings is 1. The van der Waals surface area contributed by atoms with E-state index >= 15 is 0 Å². The van der Waals surface area contributed by atoms with E-state index in [4.69, 9.17) is 4.74 Å². The number of nitrogens with one attached hydrogen (secondary N) is 1. The Kier molecular flexibility index (Phi) is 6.09. The first-order valence-corrected chi connectivity index (χ1v) is 6.05. The molecule has 0 unspecified atom stereocenters. The average Bonchev–Trinajstić information content (AvgIpc) is 2.44. The van der Waals surface area contributed by atoms with Crippen LogP contribution in [0.15, 0.2) is 24.3 Å². The summed E-state index contributed by atoms with van der Waals surface area (Å²) in [5, 5.41) is 11.8. The van der Waals surface area contributed by atoms with Crippen LogP contribution in [-0.4, -0.2) is 37.2 Å². The Hall–Kier alpha value is -2.50. The second-order valence-electron chi connectivity index (χ2n) is 3.79. The Morgan fingerprint density at radius 2 is 2.15 bits per heavy atom. The number of carbonyl (C=O) groups excluding carboxylic acids is 2. The molecule has 6 nitrogen and oxygen atoms in total. The molecule has 0 radical (unpaired) electrons. The van der Waals surface area contributed by atoms with Crippen LogP contribution in [0.1, 0.15) is 12.5 Å². The summed E-state index contributed by atoms with van der Waals surface area (Å²) in [7, 11) is 1.44. The SMILES string of the molecule is CCOC(=O)CNC(=O)/C=C/c1ccc(O)c(OC)c1. The molecule has 0 saturated heterocycles. The second-order valence-corrected chi connectivity index (χ2v) is 3.79. The Labute approximate surface area is 117 Å². The van der Waals surface area contributed by atoms with E-state index in [1.807, 2.05) is 0 Å². The zero-order valence-corrected chi connectivity index (χ0v) is 11.4. The summed E-state index contributed by atoms with van der Waals surface area (Å²) in [5.74, 6) is -0.554. The molecule has 0 aliphatic rings. The number of methoxy groups -OCH3 is 1. The van der Waals surface area contributed by atoms with Crippen molar-refractivity contribution < 1.29 is 24.2 Å². The number of amides is 1. The maximum atomic E-state index is 11.5. The fourth-order valence-corrected chi connectivity index (χ4v) is 1.40. The Bertz CT molecular complexity index is 510. The molecule has 0 bridgehead atoms. The molecule has 0 spiro atoms. The van der Waals surface area contributed by atoms with Gasteiger partial charge in [0, 0.05) is 6.08 Å². The minimum Gasteiger partial charge on any atom is -0.504 e. The number of hydrogen-bond acceptors (Lipinski definition) is 5. The summed E-state index contributed by atoms with van der Waals surface area (Å²) in [4.78, 5) is 22.5. The van der Waals surface area contributed by atoms with Crippen LogP contribution in [0.25, 0.3) is 6.08 Å². The number of aromatic hydroxyl groups is 1. The molecule has 0 atom stereocenters. The number of esters is 1. The molecule has 1 aromatic rings. The largest absolute Gasteiger partial charge is 0.504 e. The molecule has 108 valence electrons. The van der Waals surface area contributed by atoms with E-state index in [0.29, 0.717) is 11.3 Å². The summed E-state index contributed by atoms with van der Waals surface area (Å²) in [6, 6.07) is 4.69. The normalized spacial score (nSPS) is 10.3. The van der Waals surface area contributed by atoms with E-state index < -0.39 is 11.9 Å². The maximum absolute atomic E-state index is 11.5. The summed E-state index contributed by atoms with van der Waals surface area (Å²) < 4.78 is 9.63. The highest BCUT2D eigenvalue weighted by molar-refractivity contribution is 5.93. The first-order valence-electron chi connectivity index (χ1n) is 6.05. The van der Waals surface area contributed by atoms with Crippen LogP contribution in [0.4, 0.5) is 0 Å². The number of hydrogen-bond donors (Lipinski definition) is 2. The Morgan fingerprint density at radius 3 is 2.80 bits per heavy atom. The first kappa shape index (κ1) is 15.6. The Morgan fingerprint density at radius 1 is 1.40 bits per heavy atom. The smallest absolute Gasteiger partial charge is 0.325 e. The van der Waals surface area contributed by atoms with Gasteiger partial charge in [0.2, 0.25) is 5.91 Å². The molecular weight excluding hydrogens is 262 g/mol. The molecule has 1 rings (SSSR count). The first-order chi connectivity index (χ1) is 9.56. The third-order valence-corrected chi connectivity index (χ3v) is 2.34. The van der Waals surface area contributed by atoms with Crippen LogP contribution < -0.4 is 10.1 Å². The van der Waals surface area contributed by atoms with Crippen molar-refractivity contribution in [1.82, 2.24) is 5.32 Å². The molecule has 0 aliphatic carbocycles. The van der Waals surface area contributed by atoms with Crippen LogP contribution in [0.2, 0.25) is 0 Å². The van der Waals surface area contributed by atoms with E-state index in [1.54, 1.807) is 25.1 Å². The van der Waals surface area contributed by atoms with Gasteiger partial charge in [-0.2, -0.15) is 0 Å². The highest BCUT2D eigenvalue weighted by atomic mass is 16.5. The molecule has 0 fully saturated rings. The number of phenolic OH excluding ortho intramolecular Hbond substituents is 1. The number of carbonyl (C=O) groups is 2. The van der Waals surface area contributed by atoms with Crippen molar-refractivity contribution in [1.29, 1.82) is 0 Å². The van der Waals surface area contributed by atoms with Gasteiger partial charge in [0.15, 0.2) is 11.5 Å². The lowest BCUT2D eigenvalue weighted by atomic mass is 10.2. The van der Waals surface area contributed by atoms with Crippen molar-refractivity contribution in [2.24, 2.45) is 0 Å². The number of rotatable bonds is 6. The number of phenols is 1. The second kappa shape index (κ2) is 7.83. The van der Waals surface area contributed by atoms with Crippen LogP contribution in [0.3, 0.4) is 0 Å². The zero-order chi connectivity index (χ0) is 15.0. The van der Waals surface area contributed by atoms with E-state index in [0.717, 1.165) is 0 Å². The van der Waals surface area contributed by atoms with Gasteiger partial charge in [0.1, 0.15) is 6.54 Å². The van der Waals surface area contributed by atoms with Crippen LogP contribution in [0.5, 0.6) is 11.5 Å². The minimum atomic E-state index is -0.486. The van der Waals surface area contributed by atoms with Gasteiger partial charge in [-0.3, -0.25) is 9.59 Å². The average molecular weight is 279 g/mol. The summed E-state index contributed by atoms with van der Waals surface area (Å²) >= 11 is 0. The van der Waals surface area contributed by atoms with E-state index in [9.17, 15) is 14.7 Å². The van der Waals surface area contributed by atoms with Gasteiger partial charge in [0.05, 0.1) is 13.7 Å². The van der Waals surface area contributed by atoms with Gasteiger partial charge >= 0.3 is 5.97 Å². The van der Waals surface area contributed by atoms with Crippen molar-refractivity contribution in [3.8, 4) is 11.5 Å². The molecule has 0 aliphatic heterocycles. The highest BCUT2D eigenvalue weighted by Gasteiger charge is 2.04. The molecular formula is C14H17NO5. The predicted molar refractivity (Wildman–Crippen MR) is 73.3 cm³/mol. The van der Waals surface area contributed by atoms with Gasteiger partial charge in [-0.15, -0.1) is 0 Å². The predicted octanol–water partition coefficient (Wildman–Crippen LogP) is 1.09. The summed E-state index contributed by atoms with van der Waals surface area (Å²) in [6.45, 7) is 1.80. The van der Waals surface area contributed by atoms with Gasteiger partial charge < -0.3 is 19.9 Å². The van der Waals surface area contributed by atoms with Gasteiger partial charge in [0.25, 0.3) is 0 Å². The monoisotopic (exact) mass is 279 g/mol. The molecule has 0 saturated carbocycles. The van der Waals surface area contributed by atoms with Crippen LogP contribution in [0, 0.1) is 0 Å². The third kappa shape index (κ3) is 5.01. The summed E-state index contributed by atoms with van der Waals surface area (Å²) in [6.07, 6.45) is 2.83.